The molecule has 4 nitrogen and oxygen atoms in total. The number of nitrogens with zero attached hydrogens (tertiary/aromatic N) is 1. The minimum atomic E-state index is -4.49. The van der Waals surface area contributed by atoms with Gasteiger partial charge in [-0.25, -0.2) is 5.43 Å². The van der Waals surface area contributed by atoms with Crippen LogP contribution in [0.5, 0.6) is 0 Å². The van der Waals surface area contributed by atoms with Gasteiger partial charge < -0.3 is 4.42 Å². The zero-order chi connectivity index (χ0) is 17.2. The largest absolute Gasteiger partial charge is 0.451 e. The summed E-state index contributed by atoms with van der Waals surface area (Å²) < 4.78 is 43.9. The van der Waals surface area contributed by atoms with Gasteiger partial charge in [-0.1, -0.05) is 36.4 Å². The number of hydrazone groups is 1. The van der Waals surface area contributed by atoms with Crippen molar-refractivity contribution in [2.45, 2.75) is 6.18 Å². The number of hydrogen-bond acceptors (Lipinski definition) is 3. The highest BCUT2D eigenvalue weighted by Crippen LogP contribution is 2.31. The van der Waals surface area contributed by atoms with Gasteiger partial charge in [-0.05, 0) is 18.2 Å². The highest BCUT2D eigenvalue weighted by molar-refractivity contribution is 5.96. The van der Waals surface area contributed by atoms with Gasteiger partial charge in [-0.2, -0.15) is 18.3 Å². The minimum Gasteiger partial charge on any atom is -0.451 e. The molecule has 0 fully saturated rings. The lowest BCUT2D eigenvalue weighted by molar-refractivity contribution is -0.137. The number of amides is 1. The molecule has 1 amide bonds. The second-order valence-corrected chi connectivity index (χ2v) is 4.93. The first-order valence-electron chi connectivity index (χ1n) is 6.93. The summed E-state index contributed by atoms with van der Waals surface area (Å²) in [6, 6.07) is 13.5. The summed E-state index contributed by atoms with van der Waals surface area (Å²) in [4.78, 5) is 11.9. The molecule has 0 aliphatic heterocycles. The van der Waals surface area contributed by atoms with E-state index in [1.165, 1.54) is 24.3 Å². The number of nitrogens with one attached hydrogen (secondary N) is 1. The van der Waals surface area contributed by atoms with Crippen LogP contribution in [0.3, 0.4) is 0 Å². The van der Waals surface area contributed by atoms with Crippen LogP contribution in [-0.2, 0) is 6.18 Å². The maximum absolute atomic E-state index is 12.9. The Kier molecular flexibility index (Phi) is 4.07. The lowest BCUT2D eigenvalue weighted by Gasteiger charge is -2.09. The molecule has 3 aromatic rings. The standard InChI is InChI=1S/C17H11F3N2O2/c18-17(19,20)13-7-3-1-6-12(13)10-21-22-16(23)15-9-11-5-2-4-8-14(11)24-15/h1-10H,(H,22,23). The van der Waals surface area contributed by atoms with Crippen LogP contribution in [0.4, 0.5) is 13.2 Å². The fourth-order valence-corrected chi connectivity index (χ4v) is 2.18. The predicted octanol–water partition coefficient (Wildman–Crippen LogP) is 4.22. The molecule has 0 saturated heterocycles. The van der Waals surface area contributed by atoms with Crippen LogP contribution in [0.1, 0.15) is 21.7 Å². The quantitative estimate of drug-likeness (QED) is 0.577. The van der Waals surface area contributed by atoms with Crippen molar-refractivity contribution in [3.05, 3.63) is 71.5 Å². The summed E-state index contributed by atoms with van der Waals surface area (Å²) in [6.45, 7) is 0. The SMILES string of the molecule is O=C(NN=Cc1ccccc1C(F)(F)F)c1cc2ccccc2o1. The van der Waals surface area contributed by atoms with Crippen molar-refractivity contribution in [1.29, 1.82) is 0 Å². The summed E-state index contributed by atoms with van der Waals surface area (Å²) in [5.41, 5.74) is 1.72. The molecule has 0 radical (unpaired) electrons. The molecule has 24 heavy (non-hydrogen) atoms. The number of hydrogen-bond donors (Lipinski definition) is 1. The number of carbonyl (C=O) groups excluding carboxylic acids is 1. The Morgan fingerprint density at radius 2 is 1.79 bits per heavy atom. The number of rotatable bonds is 3. The third-order valence-corrected chi connectivity index (χ3v) is 3.29. The minimum absolute atomic E-state index is 0.0254. The summed E-state index contributed by atoms with van der Waals surface area (Å²) in [6.07, 6.45) is -3.55. The zero-order valence-corrected chi connectivity index (χ0v) is 12.2. The van der Waals surface area contributed by atoms with Gasteiger partial charge in [0.1, 0.15) is 5.58 Å². The Balaban J connectivity index is 1.76. The van der Waals surface area contributed by atoms with Crippen molar-refractivity contribution >= 4 is 23.1 Å². The molecular formula is C17H11F3N2O2. The van der Waals surface area contributed by atoms with Gasteiger partial charge in [0.25, 0.3) is 0 Å². The first kappa shape index (κ1) is 15.8. The Bertz CT molecular complexity index is 880. The first-order valence-corrected chi connectivity index (χ1v) is 6.93. The number of benzene rings is 2. The van der Waals surface area contributed by atoms with Gasteiger partial charge in [0, 0.05) is 10.9 Å². The molecule has 1 heterocycles. The lowest BCUT2D eigenvalue weighted by Crippen LogP contribution is -2.17. The van der Waals surface area contributed by atoms with Crippen molar-refractivity contribution in [2.75, 3.05) is 0 Å². The lowest BCUT2D eigenvalue weighted by atomic mass is 10.1. The predicted molar refractivity (Wildman–Crippen MR) is 82.7 cm³/mol. The maximum Gasteiger partial charge on any atom is 0.417 e. The average molecular weight is 332 g/mol. The fraction of sp³-hybridized carbons (Fsp3) is 0.0588. The summed E-state index contributed by atoms with van der Waals surface area (Å²) in [5.74, 6) is -0.621. The molecule has 0 bridgehead atoms. The Morgan fingerprint density at radius 1 is 1.08 bits per heavy atom. The van der Waals surface area contributed by atoms with E-state index in [1.54, 1.807) is 24.3 Å². The van der Waals surface area contributed by atoms with E-state index in [0.29, 0.717) is 5.58 Å². The summed E-state index contributed by atoms with van der Waals surface area (Å²) in [5, 5.41) is 4.32. The molecule has 0 unspecified atom stereocenters. The molecule has 2 aromatic carbocycles. The maximum atomic E-state index is 12.9. The number of fused-ring (bicyclic) bond motifs is 1. The fourth-order valence-electron chi connectivity index (χ4n) is 2.18. The molecule has 0 spiro atoms. The smallest absolute Gasteiger partial charge is 0.417 e. The van der Waals surface area contributed by atoms with E-state index in [1.807, 2.05) is 0 Å². The van der Waals surface area contributed by atoms with E-state index < -0.39 is 17.6 Å². The molecule has 7 heteroatoms. The monoisotopic (exact) mass is 332 g/mol. The Morgan fingerprint density at radius 3 is 2.54 bits per heavy atom. The second-order valence-electron chi connectivity index (χ2n) is 4.93. The normalized spacial score (nSPS) is 12.0. The van der Waals surface area contributed by atoms with Crippen LogP contribution in [0, 0.1) is 0 Å². The first-order chi connectivity index (χ1) is 11.4. The number of alkyl halides is 3. The van der Waals surface area contributed by atoms with Crippen molar-refractivity contribution < 1.29 is 22.4 Å². The van der Waals surface area contributed by atoms with Crippen LogP contribution >= 0.6 is 0 Å². The highest BCUT2D eigenvalue weighted by Gasteiger charge is 2.32. The van der Waals surface area contributed by atoms with Crippen LogP contribution in [0.2, 0.25) is 0 Å². The van der Waals surface area contributed by atoms with Crippen LogP contribution < -0.4 is 5.43 Å². The van der Waals surface area contributed by atoms with E-state index >= 15 is 0 Å². The van der Waals surface area contributed by atoms with Gasteiger partial charge in [0.05, 0.1) is 11.8 Å². The molecule has 0 atom stereocenters. The van der Waals surface area contributed by atoms with E-state index in [0.717, 1.165) is 17.7 Å². The molecule has 0 saturated carbocycles. The number of carbonyl (C=O) groups is 1. The van der Waals surface area contributed by atoms with Crippen LogP contribution in [-0.4, -0.2) is 12.1 Å². The van der Waals surface area contributed by atoms with Gasteiger partial charge in [-0.3, -0.25) is 4.79 Å². The van der Waals surface area contributed by atoms with E-state index in [2.05, 4.69) is 10.5 Å². The van der Waals surface area contributed by atoms with Gasteiger partial charge in [0.15, 0.2) is 5.76 Å². The average Bonchev–Trinajstić information content (AvgIpc) is 2.98. The molecule has 1 aromatic heterocycles. The van der Waals surface area contributed by atoms with Crippen molar-refractivity contribution in [2.24, 2.45) is 5.10 Å². The van der Waals surface area contributed by atoms with Crippen molar-refractivity contribution in [3.63, 3.8) is 0 Å². The van der Waals surface area contributed by atoms with Crippen molar-refractivity contribution in [1.82, 2.24) is 5.43 Å². The molecule has 0 aliphatic rings. The highest BCUT2D eigenvalue weighted by atomic mass is 19.4. The Hall–Kier alpha value is -3.09. The van der Waals surface area contributed by atoms with Gasteiger partial charge in [-0.15, -0.1) is 0 Å². The third kappa shape index (κ3) is 3.29. The summed E-state index contributed by atoms with van der Waals surface area (Å²) >= 11 is 0. The molecule has 0 aliphatic carbocycles. The van der Waals surface area contributed by atoms with Gasteiger partial charge in [0.2, 0.25) is 0 Å². The second kappa shape index (κ2) is 6.19. The molecular weight excluding hydrogens is 321 g/mol. The zero-order valence-electron chi connectivity index (χ0n) is 12.2. The van der Waals surface area contributed by atoms with Crippen LogP contribution in [0.15, 0.2) is 64.1 Å². The van der Waals surface area contributed by atoms with E-state index in [4.69, 9.17) is 4.42 Å². The third-order valence-electron chi connectivity index (χ3n) is 3.29. The van der Waals surface area contributed by atoms with E-state index in [9.17, 15) is 18.0 Å². The topological polar surface area (TPSA) is 54.6 Å². The molecule has 3 rings (SSSR count). The number of furan rings is 1. The molecule has 122 valence electrons. The van der Waals surface area contributed by atoms with Crippen LogP contribution in [0.25, 0.3) is 11.0 Å². The van der Waals surface area contributed by atoms with Crippen molar-refractivity contribution in [3.8, 4) is 0 Å². The van der Waals surface area contributed by atoms with Gasteiger partial charge >= 0.3 is 12.1 Å². The number of para-hydroxylation sites is 1. The number of halogens is 3. The summed E-state index contributed by atoms with van der Waals surface area (Å²) in [7, 11) is 0. The van der Waals surface area contributed by atoms with E-state index in [-0.39, 0.29) is 11.3 Å². The Labute approximate surface area is 134 Å². The molecule has 1 N–H and O–H groups in total.